The van der Waals surface area contributed by atoms with Gasteiger partial charge in [-0.05, 0) is 242 Å². The number of hydrogen-bond acceptors (Lipinski definition) is 27. The number of pyridine rings is 5. The summed E-state index contributed by atoms with van der Waals surface area (Å²) < 4.78 is 60.9. The van der Waals surface area contributed by atoms with Gasteiger partial charge in [-0.25, -0.2) is 51.8 Å². The van der Waals surface area contributed by atoms with Crippen LogP contribution >= 0.6 is 91.5 Å². The molecule has 3 fully saturated rings. The Morgan fingerprint density at radius 1 is 0.356 bits per heavy atom. The van der Waals surface area contributed by atoms with Crippen LogP contribution in [0.2, 0.25) is 15.1 Å². The summed E-state index contributed by atoms with van der Waals surface area (Å²) in [5.41, 5.74) is 48.2. The number of nitrogens with two attached hydrogens (primary N) is 5. The van der Waals surface area contributed by atoms with E-state index in [2.05, 4.69) is 131 Å². The van der Waals surface area contributed by atoms with E-state index in [1.54, 1.807) is 23.0 Å². The zero-order valence-corrected chi connectivity index (χ0v) is 88.4. The smallest absolute Gasteiger partial charge is 0.263 e. The molecule has 17 N–H and O–H groups in total. The molecule has 149 heavy (non-hydrogen) atoms. The van der Waals surface area contributed by atoms with Crippen molar-refractivity contribution < 1.29 is 41.5 Å². The summed E-state index contributed by atoms with van der Waals surface area (Å²) in [6, 6.07) is 42.7. The third-order valence-corrected chi connectivity index (χ3v) is 33.0. The van der Waals surface area contributed by atoms with Gasteiger partial charge in [0.25, 0.3) is 29.5 Å². The Bertz CT molecular complexity index is 7660. The summed E-state index contributed by atoms with van der Waals surface area (Å²) in [4.78, 5) is 96.7. The molecule has 5 amide bonds. The van der Waals surface area contributed by atoms with Crippen molar-refractivity contribution in [1.29, 1.82) is 0 Å². The number of aromatic nitrogens is 9. The van der Waals surface area contributed by atoms with Gasteiger partial charge in [-0.15, -0.1) is 56.7 Å². The molecular formula is C108H111Cl3F4N24O5S5. The number of thiophene rings is 5. The van der Waals surface area contributed by atoms with Gasteiger partial charge >= 0.3 is 0 Å². The number of anilines is 8. The lowest BCUT2D eigenvalue weighted by Gasteiger charge is -2.29. The van der Waals surface area contributed by atoms with Gasteiger partial charge in [0.1, 0.15) is 71.8 Å². The van der Waals surface area contributed by atoms with E-state index in [1.807, 2.05) is 97.3 Å². The Hall–Kier alpha value is -13.7. The number of fused-ring (bicyclic) bond motifs is 7. The van der Waals surface area contributed by atoms with Crippen molar-refractivity contribution in [3.63, 3.8) is 0 Å². The van der Waals surface area contributed by atoms with Gasteiger partial charge in [-0.3, -0.25) is 24.0 Å². The number of carbonyl (C=O) groups excluding carboxylic acids is 5. The molecule has 3 saturated heterocycles. The molecule has 17 aromatic rings. The second kappa shape index (κ2) is 47.9. The van der Waals surface area contributed by atoms with E-state index in [0.717, 1.165) is 195 Å². The Balaban J connectivity index is 0.000000122. The maximum absolute atomic E-state index is 14.7. The van der Waals surface area contributed by atoms with Crippen molar-refractivity contribution in [3.05, 3.63) is 294 Å². The van der Waals surface area contributed by atoms with Gasteiger partial charge in [-0.2, -0.15) is 10.2 Å². The Kier molecular flexibility index (Phi) is 33.8. The molecule has 29 nitrogen and oxygen atoms in total. The second-order valence-electron chi connectivity index (χ2n) is 37.0. The molecule has 0 bridgehead atoms. The van der Waals surface area contributed by atoms with Crippen LogP contribution in [0.4, 0.5) is 63.1 Å². The largest absolute Gasteiger partial charge is 0.397 e. The highest BCUT2D eigenvalue weighted by Gasteiger charge is 2.28. The van der Waals surface area contributed by atoms with Crippen LogP contribution in [0, 0.1) is 44.0 Å². The van der Waals surface area contributed by atoms with Gasteiger partial charge in [0, 0.05) is 171 Å². The van der Waals surface area contributed by atoms with Gasteiger partial charge in [0.05, 0.1) is 96.2 Å². The average molecular weight is 2170 g/mol. The van der Waals surface area contributed by atoms with Crippen molar-refractivity contribution >= 4 is 218 Å². The van der Waals surface area contributed by atoms with Crippen LogP contribution < -0.4 is 80.6 Å². The lowest BCUT2D eigenvalue weighted by Crippen LogP contribution is -2.30. The predicted octanol–water partition coefficient (Wildman–Crippen LogP) is 20.2. The first-order valence-corrected chi connectivity index (χ1v) is 54.6. The standard InChI is InChI=1S/C22H24F2N4OS.C22H21FN6OS.C22H22N6OS.C21H22Cl2N4OS.C21H22ClFN4OS/c1-13-5-6-16-19(25)20(30-22(16)27-13)21(29)26-8-7-15-17(23)11-14(12-18(15)24)28-9-3-2-4-10-28;1-12-2-5-16-19(24)20(31-22(16)28-12)21(30)26-7-6-13-3-4-15(8-17(13)23)29-18-11-25-9-14(18)10-27-29;1-13-2-7-17-19(23)20(30-22(17)27-13)21(29)25-9-8-14-3-5-16(6-4-14)28-18-12-24-10-15(18)11-26-28;22-14-11-15-18(24)19(29-21(15)26-12-14)20(28)25-7-6-13-4-5-17(16(23)10-13)27-8-2-1-3-9-27;22-16-10-13(4-5-17(16)27-8-2-1-3-9-27)6-7-25-20(28)19-18(24)15-11-14(23)12-26-21(15)29-19/h5-6,11-12H,2-4,7-10,25H2,1H3,(H,26,29);2-5,8,10,25H,6-7,9,11,24H2,1H3,(H,26,30);2-7,11,24H,8-10,12,23H2,1H3,(H,25,29);2*4-5,10-12H,1-3,6-9,24H2,(H,25,28). The zero-order valence-electron chi connectivity index (χ0n) is 82.1. The van der Waals surface area contributed by atoms with Crippen LogP contribution in [0.15, 0.2) is 164 Å². The van der Waals surface area contributed by atoms with Gasteiger partial charge in [0.2, 0.25) is 0 Å². The third-order valence-electron chi connectivity index (χ3n) is 26.6. The molecule has 5 aliphatic rings. The molecule has 5 aromatic carbocycles. The highest BCUT2D eigenvalue weighted by molar-refractivity contribution is 7.23. The third kappa shape index (κ3) is 24.7. The summed E-state index contributed by atoms with van der Waals surface area (Å²) in [7, 11) is 0. The van der Waals surface area contributed by atoms with Crippen LogP contribution in [-0.2, 0) is 58.3 Å². The maximum Gasteiger partial charge on any atom is 0.263 e. The SMILES string of the molecule is Cc1ccc2c(N)c(C(=O)NCCc3c(F)cc(N4CCCCC4)cc3F)sc2n1.Cc1ccc2c(N)c(C(=O)NCCc3ccc(-n4ncc5c4CNC5)cc3)sc2n1.Cc1ccc2c(N)c(C(=O)NCCc3ccc(-n4ncc5c4CNC5)cc3F)sc2n1.Nc1c(C(=O)NCCc2ccc(N3CCCCC3)c(Cl)c2)sc2ncc(Cl)cc12.Nc1c(C(=O)NCCc2ccc(N3CCCCC3)c(Cl)c2)sc2ncc(F)cc12. The molecule has 17 heterocycles. The molecule has 0 unspecified atom stereocenters. The van der Waals surface area contributed by atoms with E-state index in [9.17, 15) is 41.5 Å². The summed E-state index contributed by atoms with van der Waals surface area (Å²) >= 11 is 25.3. The molecule has 0 saturated carbocycles. The molecule has 12 aromatic heterocycles. The predicted molar refractivity (Wildman–Crippen MR) is 595 cm³/mol. The van der Waals surface area contributed by atoms with Gasteiger partial charge in [-0.1, -0.05) is 65.1 Å². The minimum absolute atomic E-state index is 0.0161. The number of carbonyl (C=O) groups is 5. The number of hydrogen-bond donors (Lipinski definition) is 12. The van der Waals surface area contributed by atoms with E-state index in [-0.39, 0.29) is 59.6 Å². The molecule has 772 valence electrons. The summed E-state index contributed by atoms with van der Waals surface area (Å²) in [5, 5.41) is 35.4. The van der Waals surface area contributed by atoms with Crippen LogP contribution in [0.3, 0.4) is 0 Å². The average Bonchev–Trinajstić information content (AvgIpc) is 1.67. The van der Waals surface area contributed by atoms with Crippen molar-refractivity contribution in [2.45, 2.75) is 137 Å². The Labute approximate surface area is 892 Å². The molecular weight excluding hydrogens is 2060 g/mol. The number of nitrogens with zero attached hydrogens (tertiary/aromatic N) is 12. The normalized spacial score (nSPS) is 13.8. The van der Waals surface area contributed by atoms with E-state index < -0.39 is 17.5 Å². The summed E-state index contributed by atoms with van der Waals surface area (Å²) in [5.74, 6) is -3.20. The number of aryl methyl sites for hydroxylation is 3. The quantitative estimate of drug-likeness (QED) is 0.0236. The fraction of sp³-hybridized carbons (Fsp3) is 0.296. The number of amides is 5. The molecule has 0 spiro atoms. The number of halogens is 7. The second-order valence-corrected chi connectivity index (χ2v) is 43.2. The molecule has 0 atom stereocenters. The number of benzene rings is 5. The molecule has 0 radical (unpaired) electrons. The molecule has 0 aliphatic carbocycles. The van der Waals surface area contributed by atoms with Crippen molar-refractivity contribution in [1.82, 2.24) is 81.7 Å². The van der Waals surface area contributed by atoms with E-state index in [0.29, 0.717) is 140 Å². The van der Waals surface area contributed by atoms with Crippen LogP contribution in [0.5, 0.6) is 0 Å². The first-order chi connectivity index (χ1) is 72.1. The highest BCUT2D eigenvalue weighted by atomic mass is 35.5. The van der Waals surface area contributed by atoms with E-state index >= 15 is 0 Å². The maximum atomic E-state index is 14.7. The topological polar surface area (TPSA) is 409 Å². The summed E-state index contributed by atoms with van der Waals surface area (Å²) in [6.07, 6.45) is 19.6. The molecule has 41 heteroatoms. The van der Waals surface area contributed by atoms with Crippen molar-refractivity contribution in [2.75, 3.05) is 115 Å². The highest BCUT2D eigenvalue weighted by Crippen LogP contribution is 2.41. The number of piperidine rings is 3. The van der Waals surface area contributed by atoms with Crippen LogP contribution in [-0.4, -0.2) is 146 Å². The molecule has 22 rings (SSSR count). The van der Waals surface area contributed by atoms with Gasteiger partial charge in [0.15, 0.2) is 0 Å². The number of nitrogen functional groups attached to an aromatic ring is 5. The first kappa shape index (κ1) is 105. The van der Waals surface area contributed by atoms with Crippen LogP contribution in [0.1, 0.15) is 174 Å². The lowest BCUT2D eigenvalue weighted by atomic mass is 10.1. The Morgan fingerprint density at radius 2 is 0.718 bits per heavy atom. The van der Waals surface area contributed by atoms with Crippen LogP contribution in [0.25, 0.3) is 62.5 Å². The van der Waals surface area contributed by atoms with Gasteiger partial charge < -0.3 is 80.6 Å². The van der Waals surface area contributed by atoms with E-state index in [4.69, 9.17) is 63.5 Å². The summed E-state index contributed by atoms with van der Waals surface area (Å²) in [6.45, 7) is 16.7. The Morgan fingerprint density at radius 3 is 1.15 bits per heavy atom. The molecule has 5 aliphatic heterocycles. The lowest BCUT2D eigenvalue weighted by molar-refractivity contribution is 0.0950. The number of rotatable bonds is 25. The monoisotopic (exact) mass is 2160 g/mol. The minimum atomic E-state index is -0.578. The van der Waals surface area contributed by atoms with E-state index in [1.165, 1.54) is 131 Å². The van der Waals surface area contributed by atoms with Crippen molar-refractivity contribution in [3.8, 4) is 11.4 Å². The fourth-order valence-electron chi connectivity index (χ4n) is 18.6. The first-order valence-electron chi connectivity index (χ1n) is 49.4. The fourth-order valence-corrected chi connectivity index (χ4v) is 24.5. The minimum Gasteiger partial charge on any atom is -0.397 e. The number of nitrogens with one attached hydrogen (secondary N) is 7. The van der Waals surface area contributed by atoms with Crippen molar-refractivity contribution in [2.24, 2.45) is 0 Å². The zero-order chi connectivity index (χ0) is 104.